The fourth-order valence-electron chi connectivity index (χ4n) is 8.54. The molecule has 9 aromatic carbocycles. The molecule has 0 amide bonds. The Morgan fingerprint density at radius 2 is 0.845 bits per heavy atom. The van der Waals surface area contributed by atoms with Gasteiger partial charge in [-0.15, -0.1) is 22.7 Å². The van der Waals surface area contributed by atoms with Crippen LogP contribution >= 0.6 is 22.7 Å². The minimum absolute atomic E-state index is 0.651. The first-order chi connectivity index (χ1) is 28.7. The van der Waals surface area contributed by atoms with Gasteiger partial charge in [-0.1, -0.05) is 152 Å². The summed E-state index contributed by atoms with van der Waals surface area (Å²) in [6.45, 7) is 0. The van der Waals surface area contributed by atoms with Gasteiger partial charge in [-0.3, -0.25) is 0 Å². The van der Waals surface area contributed by atoms with E-state index in [0.717, 1.165) is 22.3 Å². The molecule has 3 nitrogen and oxygen atoms in total. The Balaban J connectivity index is 0.967. The van der Waals surface area contributed by atoms with E-state index in [1.807, 2.05) is 29.5 Å². The monoisotopic (exact) mass is 773 g/mol. The second-order valence-corrected chi connectivity index (χ2v) is 16.9. The number of hydrogen-bond acceptors (Lipinski definition) is 5. The maximum atomic E-state index is 5.11. The van der Waals surface area contributed by atoms with E-state index in [2.05, 4.69) is 170 Å². The average Bonchev–Trinajstić information content (AvgIpc) is 3.87. The van der Waals surface area contributed by atoms with Gasteiger partial charge in [-0.2, -0.15) is 0 Å². The summed E-state index contributed by atoms with van der Waals surface area (Å²) >= 11 is 3.66. The van der Waals surface area contributed by atoms with Crippen molar-refractivity contribution in [3.05, 3.63) is 188 Å². The van der Waals surface area contributed by atoms with Gasteiger partial charge in [-0.25, -0.2) is 15.0 Å². The summed E-state index contributed by atoms with van der Waals surface area (Å²) in [7, 11) is 0. The largest absolute Gasteiger partial charge is 0.208 e. The van der Waals surface area contributed by atoms with E-state index in [-0.39, 0.29) is 0 Å². The summed E-state index contributed by atoms with van der Waals surface area (Å²) in [4.78, 5) is 15.2. The van der Waals surface area contributed by atoms with Crippen LogP contribution in [0.25, 0.3) is 118 Å². The third-order valence-electron chi connectivity index (χ3n) is 11.3. The highest BCUT2D eigenvalue weighted by Crippen LogP contribution is 2.44. The smallest absolute Gasteiger partial charge is 0.164 e. The molecule has 0 saturated heterocycles. The molecule has 0 fully saturated rings. The molecule has 0 unspecified atom stereocenters. The van der Waals surface area contributed by atoms with E-state index in [4.69, 9.17) is 15.0 Å². The maximum absolute atomic E-state index is 5.11. The van der Waals surface area contributed by atoms with Crippen molar-refractivity contribution in [3.63, 3.8) is 0 Å². The molecule has 270 valence electrons. The van der Waals surface area contributed by atoms with Crippen LogP contribution in [0.15, 0.2) is 188 Å². The van der Waals surface area contributed by atoms with Gasteiger partial charge >= 0.3 is 0 Å². The van der Waals surface area contributed by atoms with Crippen molar-refractivity contribution in [2.24, 2.45) is 0 Å². The molecule has 3 aromatic heterocycles. The van der Waals surface area contributed by atoms with Gasteiger partial charge in [0.15, 0.2) is 17.5 Å². The Hall–Kier alpha value is -7.05. The molecular weight excluding hydrogens is 743 g/mol. The predicted octanol–water partition coefficient (Wildman–Crippen LogP) is 15.2. The highest BCUT2D eigenvalue weighted by atomic mass is 32.1. The SMILES string of the molecule is c1ccc(-c2nc(-c3ccc(-c4cccc5sc6ccc(-c7cc8ccccc8c8ccccc78)cc6c45)cc3)nc(-c3ccc4c(c3)sc3ccccc34)n2)cc1. The summed E-state index contributed by atoms with van der Waals surface area (Å²) < 4.78 is 5.07. The van der Waals surface area contributed by atoms with Gasteiger partial charge in [0.25, 0.3) is 0 Å². The molecule has 0 radical (unpaired) electrons. The van der Waals surface area contributed by atoms with E-state index < -0.39 is 0 Å². The van der Waals surface area contributed by atoms with Gasteiger partial charge in [-0.05, 0) is 80.2 Å². The first-order valence-electron chi connectivity index (χ1n) is 19.4. The Bertz CT molecular complexity index is 3570. The summed E-state index contributed by atoms with van der Waals surface area (Å²) in [6, 6.07) is 67.5. The Labute approximate surface area is 342 Å². The highest BCUT2D eigenvalue weighted by Gasteiger charge is 2.17. The zero-order valence-electron chi connectivity index (χ0n) is 31.1. The van der Waals surface area contributed by atoms with Gasteiger partial charge < -0.3 is 0 Å². The predicted molar refractivity (Wildman–Crippen MR) is 248 cm³/mol. The number of rotatable bonds is 5. The van der Waals surface area contributed by atoms with E-state index in [1.54, 1.807) is 11.3 Å². The molecule has 5 heteroatoms. The molecule has 58 heavy (non-hydrogen) atoms. The van der Waals surface area contributed by atoms with Gasteiger partial charge in [0.1, 0.15) is 0 Å². The quantitative estimate of drug-likeness (QED) is 0.164. The fraction of sp³-hybridized carbons (Fsp3) is 0. The lowest BCUT2D eigenvalue weighted by Gasteiger charge is -2.12. The van der Waals surface area contributed by atoms with E-state index >= 15 is 0 Å². The molecule has 0 aliphatic carbocycles. The summed E-state index contributed by atoms with van der Waals surface area (Å²) in [5.74, 6) is 1.97. The second kappa shape index (κ2) is 13.3. The topological polar surface area (TPSA) is 38.7 Å². The van der Waals surface area contributed by atoms with Crippen LogP contribution < -0.4 is 0 Å². The summed E-state index contributed by atoms with van der Waals surface area (Å²) in [5, 5.41) is 10.2. The van der Waals surface area contributed by atoms with Crippen LogP contribution in [0.4, 0.5) is 0 Å². The van der Waals surface area contributed by atoms with Crippen LogP contribution in [0, 0.1) is 0 Å². The molecule has 0 aliphatic rings. The lowest BCUT2D eigenvalue weighted by Crippen LogP contribution is -2.00. The van der Waals surface area contributed by atoms with Crippen LogP contribution in [-0.4, -0.2) is 15.0 Å². The Morgan fingerprint density at radius 1 is 0.276 bits per heavy atom. The number of nitrogens with zero attached hydrogens (tertiary/aromatic N) is 3. The standard InChI is InChI=1S/C53H31N3S2/c1-2-11-33(12-3-1)51-54-52(56-53(55-51)37-25-27-43-42-17-8-9-19-46(42)58-49(43)31-37)34-23-21-32(22-24-34)39-18-10-20-48-50(39)45-30-36(26-28-47(45)57-48)44-29-35-13-4-5-14-38(35)40-15-6-7-16-41(40)44/h1-31H. The van der Waals surface area contributed by atoms with Crippen molar-refractivity contribution in [1.29, 1.82) is 0 Å². The Morgan fingerprint density at radius 3 is 1.67 bits per heavy atom. The Kier molecular flexibility index (Phi) is 7.58. The van der Waals surface area contributed by atoms with Crippen molar-refractivity contribution in [2.45, 2.75) is 0 Å². The minimum Gasteiger partial charge on any atom is -0.208 e. The zero-order chi connectivity index (χ0) is 38.2. The van der Waals surface area contributed by atoms with Crippen LogP contribution in [0.3, 0.4) is 0 Å². The average molecular weight is 774 g/mol. The van der Waals surface area contributed by atoms with Crippen molar-refractivity contribution in [1.82, 2.24) is 15.0 Å². The normalized spacial score (nSPS) is 11.8. The third kappa shape index (κ3) is 5.43. The van der Waals surface area contributed by atoms with Crippen molar-refractivity contribution < 1.29 is 0 Å². The van der Waals surface area contributed by atoms with Gasteiger partial charge in [0.2, 0.25) is 0 Å². The minimum atomic E-state index is 0.651. The van der Waals surface area contributed by atoms with Gasteiger partial charge in [0, 0.05) is 57.0 Å². The molecular formula is C53H31N3S2. The number of thiophene rings is 2. The molecule has 12 aromatic rings. The number of aromatic nitrogens is 3. The van der Waals surface area contributed by atoms with Crippen molar-refractivity contribution in [3.8, 4) is 56.4 Å². The van der Waals surface area contributed by atoms with E-state index in [9.17, 15) is 0 Å². The lowest BCUT2D eigenvalue weighted by atomic mass is 9.92. The summed E-state index contributed by atoms with van der Waals surface area (Å²) in [5.41, 5.74) is 7.73. The van der Waals surface area contributed by atoms with Crippen LogP contribution in [-0.2, 0) is 0 Å². The first kappa shape index (κ1) is 33.1. The van der Waals surface area contributed by atoms with Crippen molar-refractivity contribution in [2.75, 3.05) is 0 Å². The maximum Gasteiger partial charge on any atom is 0.164 e. The molecule has 0 saturated carbocycles. The number of hydrogen-bond donors (Lipinski definition) is 0. The van der Waals surface area contributed by atoms with Crippen LogP contribution in [0.1, 0.15) is 0 Å². The molecule has 0 bridgehead atoms. The molecule has 0 atom stereocenters. The number of fused-ring (bicyclic) bond motifs is 9. The summed E-state index contributed by atoms with van der Waals surface area (Å²) in [6.07, 6.45) is 0. The molecule has 0 spiro atoms. The first-order valence-corrected chi connectivity index (χ1v) is 21.1. The molecule has 0 aliphatic heterocycles. The van der Waals surface area contributed by atoms with Gasteiger partial charge in [0.05, 0.1) is 0 Å². The van der Waals surface area contributed by atoms with Crippen molar-refractivity contribution >= 4 is 84.6 Å². The van der Waals surface area contributed by atoms with E-state index in [1.165, 1.54) is 78.6 Å². The molecule has 12 rings (SSSR count). The molecule has 0 N–H and O–H groups in total. The van der Waals surface area contributed by atoms with E-state index in [0.29, 0.717) is 17.5 Å². The van der Waals surface area contributed by atoms with Crippen LogP contribution in [0.2, 0.25) is 0 Å². The fourth-order valence-corrected chi connectivity index (χ4v) is 10.8. The third-order valence-corrected chi connectivity index (χ3v) is 13.6. The number of benzene rings is 9. The zero-order valence-corrected chi connectivity index (χ0v) is 32.7. The lowest BCUT2D eigenvalue weighted by molar-refractivity contribution is 1.07. The van der Waals surface area contributed by atoms with Crippen LogP contribution in [0.5, 0.6) is 0 Å². The molecule has 3 heterocycles. The highest BCUT2D eigenvalue weighted by molar-refractivity contribution is 7.26. The second-order valence-electron chi connectivity index (χ2n) is 14.7.